The van der Waals surface area contributed by atoms with Crippen LogP contribution in [0.2, 0.25) is 0 Å². The van der Waals surface area contributed by atoms with Crippen molar-refractivity contribution in [1.29, 1.82) is 0 Å². The highest BCUT2D eigenvalue weighted by atomic mass is 19.2. The Balaban J connectivity index is 1.67. The summed E-state index contributed by atoms with van der Waals surface area (Å²) in [6.45, 7) is 1.78. The molecular formula is C20H19F3N2O3. The summed E-state index contributed by atoms with van der Waals surface area (Å²) < 4.78 is 45.7. The molecule has 0 unspecified atom stereocenters. The number of hydrogen-bond donors (Lipinski definition) is 1. The van der Waals surface area contributed by atoms with Gasteiger partial charge in [-0.05, 0) is 30.2 Å². The molecule has 0 saturated heterocycles. The molecule has 148 valence electrons. The Bertz CT molecular complexity index is 879. The normalized spacial score (nSPS) is 14.9. The molecule has 2 aromatic rings. The Morgan fingerprint density at radius 2 is 1.89 bits per heavy atom. The number of amides is 2. The molecule has 28 heavy (non-hydrogen) atoms. The number of fused-ring (bicyclic) bond motifs is 1. The van der Waals surface area contributed by atoms with Crippen molar-refractivity contribution in [3.05, 3.63) is 59.4 Å². The van der Waals surface area contributed by atoms with Gasteiger partial charge in [-0.2, -0.15) is 0 Å². The van der Waals surface area contributed by atoms with Gasteiger partial charge in [0.2, 0.25) is 5.91 Å². The molecule has 0 aliphatic carbocycles. The van der Waals surface area contributed by atoms with Crippen molar-refractivity contribution in [2.75, 3.05) is 18.4 Å². The summed E-state index contributed by atoms with van der Waals surface area (Å²) >= 11 is 0. The quantitative estimate of drug-likeness (QED) is 0.768. The summed E-state index contributed by atoms with van der Waals surface area (Å²) in [5, 5.41) is 2.17. The van der Waals surface area contributed by atoms with Crippen LogP contribution < -0.4 is 10.1 Å². The molecule has 1 atom stereocenters. The van der Waals surface area contributed by atoms with E-state index in [1.807, 2.05) is 19.1 Å². The minimum Gasteiger partial charge on any atom is -0.480 e. The molecule has 3 rings (SSSR count). The summed E-state index contributed by atoms with van der Waals surface area (Å²) in [6, 6.07) is 8.93. The zero-order chi connectivity index (χ0) is 20.3. The number of rotatable bonds is 6. The molecule has 2 aromatic carbocycles. The van der Waals surface area contributed by atoms with Crippen LogP contribution >= 0.6 is 0 Å². The monoisotopic (exact) mass is 392 g/mol. The Kier molecular flexibility index (Phi) is 5.87. The minimum atomic E-state index is -1.67. The van der Waals surface area contributed by atoms with Crippen LogP contribution in [-0.4, -0.2) is 35.9 Å². The van der Waals surface area contributed by atoms with Gasteiger partial charge < -0.3 is 15.0 Å². The predicted octanol–water partition coefficient (Wildman–Crippen LogP) is 3.28. The molecule has 1 aliphatic rings. The molecular weight excluding hydrogens is 373 g/mol. The number of ether oxygens (including phenoxy) is 1. The van der Waals surface area contributed by atoms with Crippen LogP contribution in [0.3, 0.4) is 0 Å². The summed E-state index contributed by atoms with van der Waals surface area (Å²) in [5.74, 6) is -4.96. The van der Waals surface area contributed by atoms with Crippen LogP contribution in [0, 0.1) is 17.5 Å². The molecule has 1 N–H and O–H groups in total. The number of carbonyl (C=O) groups is 2. The zero-order valence-electron chi connectivity index (χ0n) is 15.2. The Hall–Kier alpha value is -3.03. The third kappa shape index (κ3) is 4.11. The zero-order valence-corrected chi connectivity index (χ0v) is 15.2. The predicted molar refractivity (Wildman–Crippen MR) is 96.4 cm³/mol. The van der Waals surface area contributed by atoms with Crippen molar-refractivity contribution in [3.8, 4) is 5.75 Å². The van der Waals surface area contributed by atoms with E-state index in [4.69, 9.17) is 4.74 Å². The highest BCUT2D eigenvalue weighted by Gasteiger charge is 2.32. The van der Waals surface area contributed by atoms with Crippen molar-refractivity contribution in [3.63, 3.8) is 0 Å². The molecule has 0 aromatic heterocycles. The van der Waals surface area contributed by atoms with E-state index in [1.165, 1.54) is 4.90 Å². The van der Waals surface area contributed by atoms with Crippen LogP contribution in [0.5, 0.6) is 5.75 Å². The second-order valence-electron chi connectivity index (χ2n) is 6.45. The van der Waals surface area contributed by atoms with E-state index in [1.54, 1.807) is 12.1 Å². The first-order chi connectivity index (χ1) is 13.4. The lowest BCUT2D eigenvalue weighted by Crippen LogP contribution is -2.45. The number of anilines is 1. The van der Waals surface area contributed by atoms with Gasteiger partial charge in [-0.15, -0.1) is 0 Å². The molecule has 0 saturated carbocycles. The number of hydrogen-bond acceptors (Lipinski definition) is 3. The second-order valence-corrected chi connectivity index (χ2v) is 6.45. The van der Waals surface area contributed by atoms with Gasteiger partial charge in [0.1, 0.15) is 5.75 Å². The minimum absolute atomic E-state index is 0.294. The van der Waals surface area contributed by atoms with E-state index in [0.717, 1.165) is 11.6 Å². The highest BCUT2D eigenvalue weighted by molar-refractivity contribution is 5.95. The molecule has 1 aliphatic heterocycles. The van der Waals surface area contributed by atoms with Crippen LogP contribution in [0.25, 0.3) is 0 Å². The van der Waals surface area contributed by atoms with E-state index < -0.39 is 35.2 Å². The maximum Gasteiger partial charge on any atom is 0.264 e. The molecule has 8 heteroatoms. The molecule has 0 radical (unpaired) electrons. The number of halogens is 3. The molecule has 5 nitrogen and oxygen atoms in total. The standard InChI is InChI=1S/C20H19F3N2O3/c1-2-9-25(20(27)16-10-12-5-3-4-6-15(12)28-16)11-17(26)24-14-8-7-13(21)18(22)19(14)23/h3-8,16H,2,9-11H2,1H3,(H,24,26)/t16-/m1/s1. The number of para-hydroxylation sites is 1. The van der Waals surface area contributed by atoms with E-state index in [0.29, 0.717) is 31.2 Å². The van der Waals surface area contributed by atoms with Crippen molar-refractivity contribution < 1.29 is 27.5 Å². The lowest BCUT2D eigenvalue weighted by molar-refractivity contribution is -0.140. The van der Waals surface area contributed by atoms with Gasteiger partial charge in [-0.1, -0.05) is 25.1 Å². The maximum atomic E-state index is 13.7. The molecule has 2 amide bonds. The fourth-order valence-electron chi connectivity index (χ4n) is 3.05. The summed E-state index contributed by atoms with van der Waals surface area (Å²) in [6.07, 6.45) is 0.254. The first-order valence-corrected chi connectivity index (χ1v) is 8.87. The molecule has 0 fully saturated rings. The Morgan fingerprint density at radius 1 is 1.14 bits per heavy atom. The Labute approximate surface area is 160 Å². The van der Waals surface area contributed by atoms with E-state index in [-0.39, 0.29) is 12.5 Å². The van der Waals surface area contributed by atoms with Crippen molar-refractivity contribution >= 4 is 17.5 Å². The van der Waals surface area contributed by atoms with Gasteiger partial charge >= 0.3 is 0 Å². The van der Waals surface area contributed by atoms with Crippen LogP contribution in [0.4, 0.5) is 18.9 Å². The smallest absolute Gasteiger partial charge is 0.264 e. The largest absolute Gasteiger partial charge is 0.480 e. The van der Waals surface area contributed by atoms with Crippen LogP contribution in [0.15, 0.2) is 36.4 Å². The molecule has 0 bridgehead atoms. The van der Waals surface area contributed by atoms with E-state index in [9.17, 15) is 22.8 Å². The van der Waals surface area contributed by atoms with Gasteiger partial charge in [-0.3, -0.25) is 9.59 Å². The summed E-state index contributed by atoms with van der Waals surface area (Å²) in [5.41, 5.74) is 0.419. The number of carbonyl (C=O) groups excluding carboxylic acids is 2. The van der Waals surface area contributed by atoms with Crippen molar-refractivity contribution in [2.45, 2.75) is 25.9 Å². The maximum absolute atomic E-state index is 13.7. The van der Waals surface area contributed by atoms with Crippen molar-refractivity contribution in [1.82, 2.24) is 4.90 Å². The van der Waals surface area contributed by atoms with Crippen LogP contribution in [0.1, 0.15) is 18.9 Å². The molecule has 0 spiro atoms. The Morgan fingerprint density at radius 3 is 2.61 bits per heavy atom. The van der Waals surface area contributed by atoms with E-state index in [2.05, 4.69) is 5.32 Å². The fraction of sp³-hybridized carbons (Fsp3) is 0.300. The highest BCUT2D eigenvalue weighted by Crippen LogP contribution is 2.29. The number of nitrogens with one attached hydrogen (secondary N) is 1. The molecule has 1 heterocycles. The summed E-state index contributed by atoms with van der Waals surface area (Å²) in [4.78, 5) is 26.4. The van der Waals surface area contributed by atoms with E-state index >= 15 is 0 Å². The first kappa shape index (κ1) is 19.7. The van der Waals surface area contributed by atoms with Gasteiger partial charge in [0.05, 0.1) is 12.2 Å². The average molecular weight is 392 g/mol. The first-order valence-electron chi connectivity index (χ1n) is 8.87. The van der Waals surface area contributed by atoms with Gasteiger partial charge in [0.15, 0.2) is 23.6 Å². The van der Waals surface area contributed by atoms with Crippen molar-refractivity contribution in [2.24, 2.45) is 0 Å². The third-order valence-corrected chi connectivity index (χ3v) is 4.37. The van der Waals surface area contributed by atoms with Crippen LogP contribution in [-0.2, 0) is 16.0 Å². The van der Waals surface area contributed by atoms with Gasteiger partial charge in [0.25, 0.3) is 5.91 Å². The second kappa shape index (κ2) is 8.33. The fourth-order valence-corrected chi connectivity index (χ4v) is 3.05. The summed E-state index contributed by atoms with van der Waals surface area (Å²) in [7, 11) is 0. The SMILES string of the molecule is CCCN(CC(=O)Nc1ccc(F)c(F)c1F)C(=O)[C@H]1Cc2ccccc2O1. The topological polar surface area (TPSA) is 58.6 Å². The third-order valence-electron chi connectivity index (χ3n) is 4.37. The lowest BCUT2D eigenvalue weighted by atomic mass is 10.1. The number of nitrogens with zero attached hydrogens (tertiary/aromatic N) is 1. The van der Waals surface area contributed by atoms with Gasteiger partial charge in [0, 0.05) is 13.0 Å². The van der Waals surface area contributed by atoms with Gasteiger partial charge in [-0.25, -0.2) is 13.2 Å². The average Bonchev–Trinajstić information content (AvgIpc) is 3.12. The lowest BCUT2D eigenvalue weighted by Gasteiger charge is -2.24. The number of benzene rings is 2.